The predicted octanol–water partition coefficient (Wildman–Crippen LogP) is 5.11. The number of para-hydroxylation sites is 1. The maximum absolute atomic E-state index is 12.4. The number of imide groups is 1. The summed E-state index contributed by atoms with van der Waals surface area (Å²) in [4.78, 5) is 32.1. The van der Waals surface area contributed by atoms with E-state index in [0.29, 0.717) is 17.7 Å². The van der Waals surface area contributed by atoms with Crippen molar-refractivity contribution in [2.24, 2.45) is 0 Å². The summed E-state index contributed by atoms with van der Waals surface area (Å²) in [5.74, 6) is -0.284. The number of hydrogen-bond donors (Lipinski definition) is 1. The molecular weight excluding hydrogens is 398 g/mol. The predicted molar refractivity (Wildman–Crippen MR) is 128 cm³/mol. The lowest BCUT2D eigenvalue weighted by Gasteiger charge is -2.26. The third-order valence-corrected chi connectivity index (χ3v) is 6.71. The molecule has 2 aromatic carbocycles. The molecule has 2 aliphatic rings. The number of aromatic nitrogens is 1. The van der Waals surface area contributed by atoms with Crippen LogP contribution in [-0.2, 0) is 0 Å². The van der Waals surface area contributed by atoms with Crippen molar-refractivity contribution in [2.45, 2.75) is 32.1 Å². The molecule has 0 radical (unpaired) electrons. The van der Waals surface area contributed by atoms with Crippen LogP contribution in [0.1, 0.15) is 58.4 Å². The van der Waals surface area contributed by atoms with Crippen LogP contribution in [0.25, 0.3) is 16.5 Å². The molecule has 0 atom stereocenters. The summed E-state index contributed by atoms with van der Waals surface area (Å²) >= 11 is 0. The Bertz CT molecular complexity index is 1140. The number of nitrogens with one attached hydrogen (secondary N) is 1. The van der Waals surface area contributed by atoms with Crippen molar-refractivity contribution in [2.75, 3.05) is 26.2 Å². The summed E-state index contributed by atoms with van der Waals surface area (Å²) in [7, 11) is 0. The SMILES string of the molecule is O=C1c2ccccc2C(=O)N1CCCCCCN1CC=C(c2c[nH]c3ccccc23)CC1. The molecule has 0 bridgehead atoms. The molecule has 0 spiro atoms. The van der Waals surface area contributed by atoms with Crippen molar-refractivity contribution in [3.05, 3.63) is 77.5 Å². The lowest BCUT2D eigenvalue weighted by Crippen LogP contribution is -2.31. The Hall–Kier alpha value is -3.18. The van der Waals surface area contributed by atoms with Crippen LogP contribution < -0.4 is 0 Å². The van der Waals surface area contributed by atoms with Crippen LogP contribution in [0.2, 0.25) is 0 Å². The molecule has 0 saturated heterocycles. The molecule has 1 aromatic heterocycles. The summed E-state index contributed by atoms with van der Waals surface area (Å²) in [5.41, 5.74) is 5.07. The van der Waals surface area contributed by atoms with Gasteiger partial charge in [0.05, 0.1) is 11.1 Å². The topological polar surface area (TPSA) is 56.4 Å². The Kier molecular flexibility index (Phi) is 5.91. The molecule has 5 heteroatoms. The monoisotopic (exact) mass is 427 g/mol. The zero-order valence-electron chi connectivity index (χ0n) is 18.3. The van der Waals surface area contributed by atoms with Crippen LogP contribution in [0, 0.1) is 0 Å². The Morgan fingerprint density at radius 3 is 2.19 bits per heavy atom. The van der Waals surface area contributed by atoms with Crippen LogP contribution >= 0.6 is 0 Å². The van der Waals surface area contributed by atoms with Gasteiger partial charge in [0.25, 0.3) is 11.8 Å². The lowest BCUT2D eigenvalue weighted by molar-refractivity contribution is 0.0651. The largest absolute Gasteiger partial charge is 0.361 e. The molecule has 0 aliphatic carbocycles. The summed E-state index contributed by atoms with van der Waals surface area (Å²) in [5, 5.41) is 1.31. The molecule has 0 saturated carbocycles. The van der Waals surface area contributed by atoms with Crippen molar-refractivity contribution < 1.29 is 9.59 Å². The van der Waals surface area contributed by atoms with Gasteiger partial charge in [0.2, 0.25) is 0 Å². The van der Waals surface area contributed by atoms with E-state index in [9.17, 15) is 9.59 Å². The summed E-state index contributed by atoms with van der Waals surface area (Å²) in [6.45, 7) is 3.72. The van der Waals surface area contributed by atoms with Crippen LogP contribution in [-0.4, -0.2) is 52.8 Å². The zero-order valence-corrected chi connectivity index (χ0v) is 18.3. The van der Waals surface area contributed by atoms with Gasteiger partial charge in [-0.1, -0.05) is 49.2 Å². The van der Waals surface area contributed by atoms with E-state index >= 15 is 0 Å². The van der Waals surface area contributed by atoms with Crippen molar-refractivity contribution >= 4 is 28.3 Å². The van der Waals surface area contributed by atoms with Crippen LogP contribution in [0.15, 0.2) is 60.8 Å². The molecule has 3 aromatic rings. The molecule has 0 fully saturated rings. The number of H-pyrrole nitrogens is 1. The highest BCUT2D eigenvalue weighted by molar-refractivity contribution is 6.21. The Morgan fingerprint density at radius 1 is 0.781 bits per heavy atom. The maximum atomic E-state index is 12.4. The van der Waals surface area contributed by atoms with Gasteiger partial charge in [-0.15, -0.1) is 0 Å². The highest BCUT2D eigenvalue weighted by atomic mass is 16.2. The van der Waals surface area contributed by atoms with Crippen molar-refractivity contribution in [3.8, 4) is 0 Å². The quantitative estimate of drug-likeness (QED) is 0.401. The van der Waals surface area contributed by atoms with Gasteiger partial charge in [0.15, 0.2) is 0 Å². The Labute approximate surface area is 188 Å². The standard InChI is InChI=1S/C27H29N3O2/c31-26-22-10-3-4-11-23(22)27(32)30(26)16-8-2-1-7-15-29-17-13-20(14-18-29)24-19-28-25-12-6-5-9-21(24)25/h3-6,9-13,19,28H,1-2,7-8,14-18H2. The smallest absolute Gasteiger partial charge is 0.261 e. The second-order valence-corrected chi connectivity index (χ2v) is 8.75. The minimum Gasteiger partial charge on any atom is -0.361 e. The van der Waals surface area contributed by atoms with Gasteiger partial charge in [-0.2, -0.15) is 0 Å². The minimum absolute atomic E-state index is 0.142. The van der Waals surface area contributed by atoms with Crippen molar-refractivity contribution in [1.82, 2.24) is 14.8 Å². The van der Waals surface area contributed by atoms with Gasteiger partial charge in [0, 0.05) is 42.3 Å². The van der Waals surface area contributed by atoms with Crippen LogP contribution in [0.3, 0.4) is 0 Å². The number of carbonyl (C=O) groups is 2. The number of aromatic amines is 1. The van der Waals surface area contributed by atoms with Gasteiger partial charge < -0.3 is 4.98 Å². The molecule has 5 nitrogen and oxygen atoms in total. The zero-order chi connectivity index (χ0) is 21.9. The molecular formula is C27H29N3O2. The first-order valence-corrected chi connectivity index (χ1v) is 11.7. The third kappa shape index (κ3) is 4.00. The van der Waals surface area contributed by atoms with Gasteiger partial charge in [-0.3, -0.25) is 19.4 Å². The molecule has 2 aliphatic heterocycles. The fraction of sp³-hybridized carbons (Fsp3) is 0.333. The number of fused-ring (bicyclic) bond motifs is 2. The Balaban J connectivity index is 1.03. The maximum Gasteiger partial charge on any atom is 0.261 e. The van der Waals surface area contributed by atoms with E-state index < -0.39 is 0 Å². The first-order valence-electron chi connectivity index (χ1n) is 11.7. The summed E-state index contributed by atoms with van der Waals surface area (Å²) in [6.07, 6.45) is 9.79. The molecule has 0 unspecified atom stereocenters. The minimum atomic E-state index is -0.142. The van der Waals surface area contributed by atoms with E-state index in [0.717, 1.165) is 51.7 Å². The number of amides is 2. The Morgan fingerprint density at radius 2 is 1.47 bits per heavy atom. The number of nitrogens with zero attached hydrogens (tertiary/aromatic N) is 2. The highest BCUT2D eigenvalue weighted by Crippen LogP contribution is 2.29. The molecule has 5 rings (SSSR count). The van der Waals surface area contributed by atoms with E-state index in [1.165, 1.54) is 26.9 Å². The van der Waals surface area contributed by atoms with Gasteiger partial charge in [-0.25, -0.2) is 0 Å². The first kappa shape index (κ1) is 20.7. The van der Waals surface area contributed by atoms with Gasteiger partial charge in [-0.05, 0) is 49.6 Å². The van der Waals surface area contributed by atoms with Gasteiger partial charge >= 0.3 is 0 Å². The fourth-order valence-electron chi connectivity index (χ4n) is 4.90. The number of hydrogen-bond acceptors (Lipinski definition) is 3. The normalized spacial score (nSPS) is 16.6. The van der Waals surface area contributed by atoms with E-state index in [1.807, 2.05) is 12.1 Å². The molecule has 164 valence electrons. The van der Waals surface area contributed by atoms with Gasteiger partial charge in [0.1, 0.15) is 0 Å². The van der Waals surface area contributed by atoms with E-state index in [-0.39, 0.29) is 11.8 Å². The second-order valence-electron chi connectivity index (χ2n) is 8.75. The van der Waals surface area contributed by atoms with Crippen LogP contribution in [0.5, 0.6) is 0 Å². The number of carbonyl (C=O) groups excluding carboxylic acids is 2. The summed E-state index contributed by atoms with van der Waals surface area (Å²) in [6, 6.07) is 15.6. The molecule has 32 heavy (non-hydrogen) atoms. The van der Waals surface area contributed by atoms with Crippen molar-refractivity contribution in [1.29, 1.82) is 0 Å². The first-order chi connectivity index (χ1) is 15.7. The average Bonchev–Trinajstić information content (AvgIpc) is 3.37. The summed E-state index contributed by atoms with van der Waals surface area (Å²) < 4.78 is 0. The van der Waals surface area contributed by atoms with E-state index in [4.69, 9.17) is 0 Å². The third-order valence-electron chi connectivity index (χ3n) is 6.71. The van der Waals surface area contributed by atoms with Crippen molar-refractivity contribution in [3.63, 3.8) is 0 Å². The second kappa shape index (κ2) is 9.13. The number of rotatable bonds is 8. The molecule has 1 N–H and O–H groups in total. The number of unbranched alkanes of at least 4 members (excludes halogenated alkanes) is 3. The molecule has 3 heterocycles. The molecule has 2 amide bonds. The lowest BCUT2D eigenvalue weighted by atomic mass is 9.99. The number of benzene rings is 2. The fourth-order valence-corrected chi connectivity index (χ4v) is 4.90. The average molecular weight is 428 g/mol. The van der Waals surface area contributed by atoms with Crippen LogP contribution in [0.4, 0.5) is 0 Å². The van der Waals surface area contributed by atoms with E-state index in [2.05, 4.69) is 46.4 Å². The van der Waals surface area contributed by atoms with E-state index in [1.54, 1.807) is 12.1 Å². The highest BCUT2D eigenvalue weighted by Gasteiger charge is 2.34.